The molecule has 1 rings (SSSR count). The summed E-state index contributed by atoms with van der Waals surface area (Å²) in [6.45, 7) is 4.76. The molecule has 0 spiro atoms. The van der Waals surface area contributed by atoms with Gasteiger partial charge in [-0.3, -0.25) is 4.79 Å². The molecule has 6 nitrogen and oxygen atoms in total. The molecule has 0 radical (unpaired) electrons. The molecule has 1 aromatic rings. The van der Waals surface area contributed by atoms with E-state index in [-0.39, 0.29) is 19.1 Å². The summed E-state index contributed by atoms with van der Waals surface area (Å²) in [6, 6.07) is 5.03. The molecule has 0 fully saturated rings. The van der Waals surface area contributed by atoms with Crippen LogP contribution in [0.25, 0.3) is 0 Å². The Bertz CT molecular complexity index is 503. The van der Waals surface area contributed by atoms with Gasteiger partial charge >= 0.3 is 5.97 Å². The van der Waals surface area contributed by atoms with E-state index < -0.39 is 5.97 Å². The number of esters is 1. The zero-order valence-corrected chi connectivity index (χ0v) is 12.8. The van der Waals surface area contributed by atoms with Gasteiger partial charge in [-0.1, -0.05) is 13.0 Å². The van der Waals surface area contributed by atoms with Gasteiger partial charge in [-0.05, 0) is 25.5 Å². The van der Waals surface area contributed by atoms with Crippen molar-refractivity contribution in [2.45, 2.75) is 20.3 Å². The summed E-state index contributed by atoms with van der Waals surface area (Å²) in [5.41, 5.74) is 7.27. The molecular formula is C15H23N3O3. The van der Waals surface area contributed by atoms with E-state index in [1.54, 1.807) is 37.1 Å². The molecule has 1 aromatic carbocycles. The highest BCUT2D eigenvalue weighted by atomic mass is 16.5. The monoisotopic (exact) mass is 293 g/mol. The number of benzene rings is 1. The van der Waals surface area contributed by atoms with Crippen molar-refractivity contribution in [1.82, 2.24) is 5.32 Å². The highest BCUT2D eigenvalue weighted by molar-refractivity contribution is 6.00. The van der Waals surface area contributed by atoms with Crippen LogP contribution in [-0.2, 0) is 9.53 Å². The van der Waals surface area contributed by atoms with Crippen LogP contribution in [-0.4, -0.2) is 38.6 Å². The lowest BCUT2D eigenvalue weighted by atomic mass is 10.1. The Kier molecular flexibility index (Phi) is 6.52. The third-order valence-corrected chi connectivity index (χ3v) is 2.90. The maximum absolute atomic E-state index is 12.0. The van der Waals surface area contributed by atoms with E-state index in [4.69, 9.17) is 10.5 Å². The number of nitrogens with two attached hydrogens (primary N) is 1. The fraction of sp³-hybridized carbons (Fsp3) is 0.467. The van der Waals surface area contributed by atoms with Crippen molar-refractivity contribution in [3.63, 3.8) is 0 Å². The number of nitrogens with one attached hydrogen (secondary N) is 1. The van der Waals surface area contributed by atoms with Crippen LogP contribution < -0.4 is 16.0 Å². The van der Waals surface area contributed by atoms with Crippen molar-refractivity contribution in [3.8, 4) is 0 Å². The SMILES string of the molecule is CCCNC(=O)CN(C)c1c(N)cccc1C(=O)OCC. The summed E-state index contributed by atoms with van der Waals surface area (Å²) in [5, 5.41) is 2.79. The smallest absolute Gasteiger partial charge is 0.340 e. The average molecular weight is 293 g/mol. The number of hydrogen-bond donors (Lipinski definition) is 2. The maximum atomic E-state index is 12.0. The van der Waals surface area contributed by atoms with Crippen molar-refractivity contribution in [2.75, 3.05) is 37.4 Å². The molecule has 21 heavy (non-hydrogen) atoms. The van der Waals surface area contributed by atoms with Crippen LogP contribution in [0.3, 0.4) is 0 Å². The Labute approximate surface area is 125 Å². The summed E-state index contributed by atoms with van der Waals surface area (Å²) in [5.74, 6) is -0.557. The summed E-state index contributed by atoms with van der Waals surface area (Å²) in [6.07, 6.45) is 0.872. The van der Waals surface area contributed by atoms with Crippen LogP contribution in [0.2, 0.25) is 0 Å². The van der Waals surface area contributed by atoms with Gasteiger partial charge in [-0.2, -0.15) is 0 Å². The lowest BCUT2D eigenvalue weighted by molar-refractivity contribution is -0.119. The molecule has 0 aromatic heterocycles. The van der Waals surface area contributed by atoms with Crippen LogP contribution in [0.5, 0.6) is 0 Å². The molecule has 6 heteroatoms. The van der Waals surface area contributed by atoms with Crippen LogP contribution >= 0.6 is 0 Å². The van der Waals surface area contributed by atoms with E-state index in [0.29, 0.717) is 23.5 Å². The second-order valence-corrected chi connectivity index (χ2v) is 4.67. The van der Waals surface area contributed by atoms with Gasteiger partial charge in [0.25, 0.3) is 0 Å². The number of nitrogens with zero attached hydrogens (tertiary/aromatic N) is 1. The zero-order valence-electron chi connectivity index (χ0n) is 12.8. The first kappa shape index (κ1) is 16.8. The molecule has 0 aliphatic heterocycles. The van der Waals surface area contributed by atoms with Gasteiger partial charge in [0, 0.05) is 13.6 Å². The largest absolute Gasteiger partial charge is 0.462 e. The number of rotatable bonds is 7. The molecule has 0 atom stereocenters. The maximum Gasteiger partial charge on any atom is 0.340 e. The number of nitrogen functional groups attached to an aromatic ring is 1. The lowest BCUT2D eigenvalue weighted by Crippen LogP contribution is -2.36. The molecule has 3 N–H and O–H groups in total. The van der Waals surface area contributed by atoms with E-state index in [1.165, 1.54) is 0 Å². The lowest BCUT2D eigenvalue weighted by Gasteiger charge is -2.23. The number of carbonyl (C=O) groups excluding carboxylic acids is 2. The summed E-state index contributed by atoms with van der Waals surface area (Å²) in [4.78, 5) is 25.4. The normalized spacial score (nSPS) is 10.0. The molecular weight excluding hydrogens is 270 g/mol. The molecule has 0 aliphatic rings. The van der Waals surface area contributed by atoms with Crippen molar-refractivity contribution in [3.05, 3.63) is 23.8 Å². The predicted octanol–water partition coefficient (Wildman–Crippen LogP) is 1.41. The van der Waals surface area contributed by atoms with Crippen molar-refractivity contribution in [1.29, 1.82) is 0 Å². The molecule has 0 saturated heterocycles. The second kappa shape index (κ2) is 8.14. The third-order valence-electron chi connectivity index (χ3n) is 2.90. The number of amides is 1. The van der Waals surface area contributed by atoms with Crippen molar-refractivity contribution < 1.29 is 14.3 Å². The Morgan fingerprint density at radius 3 is 2.67 bits per heavy atom. The standard InChI is InChI=1S/C15H23N3O3/c1-4-9-17-13(19)10-18(3)14-11(15(20)21-5-2)7-6-8-12(14)16/h6-8H,4-5,9-10,16H2,1-3H3,(H,17,19). The molecule has 116 valence electrons. The van der Waals surface area contributed by atoms with Crippen LogP contribution in [0.1, 0.15) is 30.6 Å². The average Bonchev–Trinajstić information content (AvgIpc) is 2.44. The van der Waals surface area contributed by atoms with E-state index >= 15 is 0 Å². The molecule has 0 bridgehead atoms. The van der Waals surface area contributed by atoms with Crippen LogP contribution in [0.15, 0.2) is 18.2 Å². The van der Waals surface area contributed by atoms with Gasteiger partial charge < -0.3 is 20.7 Å². The minimum Gasteiger partial charge on any atom is -0.462 e. The quantitative estimate of drug-likeness (QED) is 0.586. The first-order chi connectivity index (χ1) is 10.0. The van der Waals surface area contributed by atoms with E-state index in [2.05, 4.69) is 5.32 Å². The number of ether oxygens (including phenoxy) is 1. The van der Waals surface area contributed by atoms with Crippen LogP contribution in [0, 0.1) is 0 Å². The third kappa shape index (κ3) is 4.66. The number of para-hydroxylation sites is 1. The Hall–Kier alpha value is -2.24. The second-order valence-electron chi connectivity index (χ2n) is 4.67. The molecule has 0 heterocycles. The van der Waals surface area contributed by atoms with Gasteiger partial charge in [-0.25, -0.2) is 4.79 Å². The Morgan fingerprint density at radius 1 is 1.33 bits per heavy atom. The van der Waals surface area contributed by atoms with Gasteiger partial charge in [0.05, 0.1) is 30.1 Å². The van der Waals surface area contributed by atoms with Crippen LogP contribution in [0.4, 0.5) is 11.4 Å². The molecule has 1 amide bonds. The Balaban J connectivity index is 2.94. The zero-order chi connectivity index (χ0) is 15.8. The minimum absolute atomic E-state index is 0.114. The van der Waals surface area contributed by atoms with Gasteiger partial charge in [0.1, 0.15) is 0 Å². The first-order valence-corrected chi connectivity index (χ1v) is 7.04. The van der Waals surface area contributed by atoms with E-state index in [0.717, 1.165) is 6.42 Å². The number of anilines is 2. The highest BCUT2D eigenvalue weighted by Gasteiger charge is 2.19. The van der Waals surface area contributed by atoms with Gasteiger partial charge in [0.15, 0.2) is 0 Å². The fourth-order valence-corrected chi connectivity index (χ4v) is 1.98. The summed E-state index contributed by atoms with van der Waals surface area (Å²) < 4.78 is 5.02. The van der Waals surface area contributed by atoms with E-state index in [1.807, 2.05) is 6.92 Å². The minimum atomic E-state index is -0.444. The number of likely N-dealkylation sites (N-methyl/N-ethyl adjacent to an activating group) is 1. The van der Waals surface area contributed by atoms with Crippen molar-refractivity contribution >= 4 is 23.3 Å². The first-order valence-electron chi connectivity index (χ1n) is 7.04. The van der Waals surface area contributed by atoms with E-state index in [9.17, 15) is 9.59 Å². The van der Waals surface area contributed by atoms with Gasteiger partial charge in [0.2, 0.25) is 5.91 Å². The molecule has 0 aliphatic carbocycles. The van der Waals surface area contributed by atoms with Gasteiger partial charge in [-0.15, -0.1) is 0 Å². The highest BCUT2D eigenvalue weighted by Crippen LogP contribution is 2.27. The topological polar surface area (TPSA) is 84.7 Å². The van der Waals surface area contributed by atoms with Crippen molar-refractivity contribution in [2.24, 2.45) is 0 Å². The predicted molar refractivity (Wildman–Crippen MR) is 83.4 cm³/mol. The number of carbonyl (C=O) groups is 2. The Morgan fingerprint density at radius 2 is 2.05 bits per heavy atom. The molecule has 0 saturated carbocycles. The molecule has 0 unspecified atom stereocenters. The summed E-state index contributed by atoms with van der Waals surface area (Å²) >= 11 is 0. The number of hydrogen-bond acceptors (Lipinski definition) is 5. The fourth-order valence-electron chi connectivity index (χ4n) is 1.98. The summed E-state index contributed by atoms with van der Waals surface area (Å²) in [7, 11) is 1.72.